The summed E-state index contributed by atoms with van der Waals surface area (Å²) in [6.45, 7) is 9.77. The normalized spacial score (nSPS) is 13.1. The first-order valence-corrected chi connectivity index (χ1v) is 6.13. The van der Waals surface area contributed by atoms with Gasteiger partial charge in [0.15, 0.2) is 0 Å². The lowest BCUT2D eigenvalue weighted by molar-refractivity contribution is 0.268. The van der Waals surface area contributed by atoms with Crippen LogP contribution in [0.3, 0.4) is 0 Å². The van der Waals surface area contributed by atoms with Gasteiger partial charge in [-0.3, -0.25) is 4.90 Å². The second kappa shape index (κ2) is 6.66. The molecule has 1 N–H and O–H groups in total. The van der Waals surface area contributed by atoms with Crippen LogP contribution in [0.4, 0.5) is 0 Å². The molecule has 1 aromatic rings. The zero-order chi connectivity index (χ0) is 12.0. The maximum absolute atomic E-state index is 9.25. The summed E-state index contributed by atoms with van der Waals surface area (Å²) in [7, 11) is 0. The van der Waals surface area contributed by atoms with Gasteiger partial charge in [0.05, 0.1) is 0 Å². The van der Waals surface area contributed by atoms with E-state index in [1.165, 1.54) is 11.1 Å². The molecule has 2 nitrogen and oxygen atoms in total. The van der Waals surface area contributed by atoms with E-state index in [9.17, 15) is 5.11 Å². The molecule has 2 heteroatoms. The van der Waals surface area contributed by atoms with E-state index in [0.29, 0.717) is 0 Å². The smallest absolute Gasteiger partial charge is 0.0497 e. The van der Waals surface area contributed by atoms with E-state index in [1.54, 1.807) is 0 Å². The van der Waals surface area contributed by atoms with E-state index >= 15 is 0 Å². The van der Waals surface area contributed by atoms with Crippen LogP contribution < -0.4 is 0 Å². The van der Waals surface area contributed by atoms with Crippen LogP contribution in [0.1, 0.15) is 37.8 Å². The predicted molar refractivity (Wildman–Crippen MR) is 68.6 cm³/mol. The average Bonchev–Trinajstić information content (AvgIpc) is 2.35. The van der Waals surface area contributed by atoms with Crippen molar-refractivity contribution < 1.29 is 5.11 Å². The van der Waals surface area contributed by atoms with Crippen LogP contribution in [-0.2, 0) is 6.54 Å². The van der Waals surface area contributed by atoms with E-state index in [1.807, 2.05) is 6.07 Å². The molecule has 0 spiro atoms. The Morgan fingerprint density at radius 2 is 1.81 bits per heavy atom. The summed E-state index contributed by atoms with van der Waals surface area (Å²) in [5.41, 5.74) is 2.62. The van der Waals surface area contributed by atoms with Crippen molar-refractivity contribution in [1.29, 1.82) is 0 Å². The molecule has 0 bridgehead atoms. The Bertz CT molecular complexity index is 307. The molecule has 0 heterocycles. The van der Waals surface area contributed by atoms with Crippen LogP contribution in [0.5, 0.6) is 0 Å². The fraction of sp³-hybridized carbons (Fsp3) is 0.571. The number of aliphatic hydroxyl groups is 1. The molecule has 0 aliphatic carbocycles. The van der Waals surface area contributed by atoms with Gasteiger partial charge in [0.2, 0.25) is 0 Å². The molecular formula is C14H23NO. The van der Waals surface area contributed by atoms with E-state index in [4.69, 9.17) is 0 Å². The van der Waals surface area contributed by atoms with Gasteiger partial charge in [-0.25, -0.2) is 0 Å². The summed E-state index contributed by atoms with van der Waals surface area (Å²) < 4.78 is 0. The first-order chi connectivity index (χ1) is 7.72. The lowest BCUT2D eigenvalue weighted by Gasteiger charge is -2.21. The highest BCUT2D eigenvalue weighted by Gasteiger charge is 2.10. The Morgan fingerprint density at radius 3 is 2.38 bits per heavy atom. The van der Waals surface area contributed by atoms with Crippen molar-refractivity contribution >= 4 is 0 Å². The van der Waals surface area contributed by atoms with Gasteiger partial charge in [0.1, 0.15) is 0 Å². The number of hydrogen-bond donors (Lipinski definition) is 1. The van der Waals surface area contributed by atoms with Crippen LogP contribution in [0.2, 0.25) is 0 Å². The standard InChI is InChI=1S/C14H23NO/c1-4-15(5-2)10-13-8-6-7-9-14(13)12(3)11-16/h6-9,12,16H,4-5,10-11H2,1-3H3. The lowest BCUT2D eigenvalue weighted by Crippen LogP contribution is -2.23. The molecule has 90 valence electrons. The van der Waals surface area contributed by atoms with Crippen molar-refractivity contribution in [2.24, 2.45) is 0 Å². The van der Waals surface area contributed by atoms with Gasteiger partial charge in [-0.05, 0) is 24.2 Å². The molecule has 0 fully saturated rings. The second-order valence-corrected chi connectivity index (χ2v) is 4.24. The van der Waals surface area contributed by atoms with Gasteiger partial charge < -0.3 is 5.11 Å². The van der Waals surface area contributed by atoms with Crippen molar-refractivity contribution in [2.45, 2.75) is 33.2 Å². The summed E-state index contributed by atoms with van der Waals surface area (Å²) in [6, 6.07) is 8.42. The molecule has 0 aromatic heterocycles. The third kappa shape index (κ3) is 3.32. The highest BCUT2D eigenvalue weighted by Crippen LogP contribution is 2.20. The molecule has 1 aromatic carbocycles. The van der Waals surface area contributed by atoms with Gasteiger partial charge in [0.25, 0.3) is 0 Å². The van der Waals surface area contributed by atoms with Crippen molar-refractivity contribution in [2.75, 3.05) is 19.7 Å². The van der Waals surface area contributed by atoms with E-state index in [0.717, 1.165) is 19.6 Å². The molecular weight excluding hydrogens is 198 g/mol. The molecule has 16 heavy (non-hydrogen) atoms. The van der Waals surface area contributed by atoms with Crippen molar-refractivity contribution in [3.8, 4) is 0 Å². The van der Waals surface area contributed by atoms with Gasteiger partial charge >= 0.3 is 0 Å². The highest BCUT2D eigenvalue weighted by atomic mass is 16.3. The zero-order valence-electron chi connectivity index (χ0n) is 10.6. The number of benzene rings is 1. The average molecular weight is 221 g/mol. The molecule has 0 saturated carbocycles. The summed E-state index contributed by atoms with van der Waals surface area (Å²) in [4.78, 5) is 2.39. The second-order valence-electron chi connectivity index (χ2n) is 4.24. The van der Waals surface area contributed by atoms with Crippen molar-refractivity contribution in [1.82, 2.24) is 4.90 Å². The minimum atomic E-state index is 0.218. The van der Waals surface area contributed by atoms with Gasteiger partial charge in [-0.1, -0.05) is 45.0 Å². The Balaban J connectivity index is 2.86. The number of aliphatic hydroxyl groups excluding tert-OH is 1. The molecule has 0 amide bonds. The Morgan fingerprint density at radius 1 is 1.19 bits per heavy atom. The molecule has 1 rings (SSSR count). The van der Waals surface area contributed by atoms with E-state index in [-0.39, 0.29) is 12.5 Å². The van der Waals surface area contributed by atoms with Crippen molar-refractivity contribution in [3.63, 3.8) is 0 Å². The summed E-state index contributed by atoms with van der Waals surface area (Å²) in [6.07, 6.45) is 0. The summed E-state index contributed by atoms with van der Waals surface area (Å²) >= 11 is 0. The fourth-order valence-corrected chi connectivity index (χ4v) is 1.95. The van der Waals surface area contributed by atoms with Gasteiger partial charge in [-0.2, -0.15) is 0 Å². The topological polar surface area (TPSA) is 23.5 Å². The third-order valence-electron chi connectivity index (χ3n) is 3.15. The SMILES string of the molecule is CCN(CC)Cc1ccccc1C(C)CO. The van der Waals surface area contributed by atoms with Crippen molar-refractivity contribution in [3.05, 3.63) is 35.4 Å². The predicted octanol–water partition coefficient (Wildman–Crippen LogP) is 2.62. The molecule has 1 atom stereocenters. The van der Waals surface area contributed by atoms with Crippen LogP contribution in [0.15, 0.2) is 24.3 Å². The lowest BCUT2D eigenvalue weighted by atomic mass is 9.96. The molecule has 0 aliphatic heterocycles. The minimum absolute atomic E-state index is 0.218. The van der Waals surface area contributed by atoms with Gasteiger partial charge in [-0.15, -0.1) is 0 Å². The zero-order valence-corrected chi connectivity index (χ0v) is 10.6. The largest absolute Gasteiger partial charge is 0.396 e. The minimum Gasteiger partial charge on any atom is -0.396 e. The van der Waals surface area contributed by atoms with E-state index < -0.39 is 0 Å². The maximum Gasteiger partial charge on any atom is 0.0497 e. The number of nitrogens with zero attached hydrogens (tertiary/aromatic N) is 1. The summed E-state index contributed by atoms with van der Waals surface area (Å²) in [5.74, 6) is 0.228. The number of hydrogen-bond acceptors (Lipinski definition) is 2. The first-order valence-electron chi connectivity index (χ1n) is 6.13. The van der Waals surface area contributed by atoms with Crippen LogP contribution in [0, 0.1) is 0 Å². The Hall–Kier alpha value is -0.860. The fourth-order valence-electron chi connectivity index (χ4n) is 1.95. The molecule has 0 saturated heterocycles. The molecule has 0 radical (unpaired) electrons. The van der Waals surface area contributed by atoms with Crippen LogP contribution in [-0.4, -0.2) is 29.7 Å². The quantitative estimate of drug-likeness (QED) is 0.798. The highest BCUT2D eigenvalue weighted by molar-refractivity contribution is 5.30. The monoisotopic (exact) mass is 221 g/mol. The van der Waals surface area contributed by atoms with E-state index in [2.05, 4.69) is 43.9 Å². The summed E-state index contributed by atoms with van der Waals surface area (Å²) in [5, 5.41) is 9.25. The Labute approximate surface area is 98.9 Å². The van der Waals surface area contributed by atoms with Crippen LogP contribution in [0.25, 0.3) is 0 Å². The van der Waals surface area contributed by atoms with Gasteiger partial charge in [0, 0.05) is 19.1 Å². The molecule has 1 unspecified atom stereocenters. The molecule has 0 aliphatic rings. The number of rotatable bonds is 6. The third-order valence-corrected chi connectivity index (χ3v) is 3.15. The maximum atomic E-state index is 9.25. The van der Waals surface area contributed by atoms with Crippen LogP contribution >= 0.6 is 0 Å². The Kier molecular flexibility index (Phi) is 5.50. The first kappa shape index (κ1) is 13.2.